The number of nitrogens with one attached hydrogen (secondary N) is 1. The molecule has 0 aliphatic carbocycles. The van der Waals surface area contributed by atoms with Crippen molar-refractivity contribution in [3.05, 3.63) is 77.2 Å². The maximum atomic E-state index is 10.7. The summed E-state index contributed by atoms with van der Waals surface area (Å²) in [5, 5.41) is 11.2. The topological polar surface area (TPSA) is 79.6 Å². The van der Waals surface area contributed by atoms with Crippen LogP contribution >= 0.6 is 0 Å². The number of nitrogens with zero attached hydrogens (tertiary/aromatic N) is 3. The predicted octanol–water partition coefficient (Wildman–Crippen LogP) is 4.12. The Kier molecular flexibility index (Phi) is 6.65. The molecule has 1 aromatic heterocycles. The first-order chi connectivity index (χ1) is 16.6. The van der Waals surface area contributed by atoms with Crippen LogP contribution in [0.2, 0.25) is 0 Å². The lowest BCUT2D eigenvalue weighted by Crippen LogP contribution is -2.35. The van der Waals surface area contributed by atoms with E-state index in [0.717, 1.165) is 61.5 Å². The van der Waals surface area contributed by atoms with Crippen molar-refractivity contribution in [2.45, 2.75) is 44.4 Å². The first-order valence-corrected chi connectivity index (χ1v) is 12.1. The molecule has 5 rings (SSSR count). The Morgan fingerprint density at radius 1 is 1.12 bits per heavy atom. The van der Waals surface area contributed by atoms with Crippen LogP contribution in [0.25, 0.3) is 11.3 Å². The molecule has 178 valence electrons. The molecule has 0 spiro atoms. The van der Waals surface area contributed by atoms with Crippen LogP contribution in [0.5, 0.6) is 0 Å². The standard InChI is InChI=1S/C27H32N4O3/c1-30-15-12-22(13-16-30)34-25-23-5-3-2-4-20(23)11-17-31-18-24(29-26(25)31)21-8-6-19(7-9-21)10-14-28-27(32)33/h2-9,18,22,25,28H,10-17H2,1H3,(H,32,33). The highest BCUT2D eigenvalue weighted by atomic mass is 16.5. The van der Waals surface area contributed by atoms with E-state index >= 15 is 0 Å². The van der Waals surface area contributed by atoms with Crippen molar-refractivity contribution in [1.82, 2.24) is 19.8 Å². The van der Waals surface area contributed by atoms with E-state index < -0.39 is 6.09 Å². The van der Waals surface area contributed by atoms with Crippen LogP contribution in [-0.4, -0.2) is 58.4 Å². The second-order valence-corrected chi connectivity index (χ2v) is 9.32. The summed E-state index contributed by atoms with van der Waals surface area (Å²) in [6.45, 7) is 3.41. The van der Waals surface area contributed by atoms with Crippen molar-refractivity contribution in [2.24, 2.45) is 0 Å². The molecule has 1 atom stereocenters. The number of imidazole rings is 1. The molecule has 0 saturated carbocycles. The zero-order valence-corrected chi connectivity index (χ0v) is 19.6. The average molecular weight is 461 g/mol. The molecule has 1 fully saturated rings. The maximum absolute atomic E-state index is 10.7. The summed E-state index contributed by atoms with van der Waals surface area (Å²) in [5.41, 5.74) is 5.67. The predicted molar refractivity (Wildman–Crippen MR) is 131 cm³/mol. The van der Waals surface area contributed by atoms with Gasteiger partial charge in [-0.3, -0.25) is 0 Å². The van der Waals surface area contributed by atoms with Gasteiger partial charge in [-0.2, -0.15) is 0 Å². The Hall–Kier alpha value is -3.16. The molecule has 3 aromatic rings. The summed E-state index contributed by atoms with van der Waals surface area (Å²) in [7, 11) is 2.17. The first kappa shape index (κ1) is 22.6. The van der Waals surface area contributed by atoms with E-state index in [-0.39, 0.29) is 12.2 Å². The number of hydrogen-bond donors (Lipinski definition) is 2. The second-order valence-electron chi connectivity index (χ2n) is 9.32. The van der Waals surface area contributed by atoms with Crippen molar-refractivity contribution < 1.29 is 14.6 Å². The Morgan fingerprint density at radius 2 is 1.88 bits per heavy atom. The van der Waals surface area contributed by atoms with Gasteiger partial charge in [0.1, 0.15) is 11.9 Å². The number of benzene rings is 2. The minimum atomic E-state index is -0.991. The summed E-state index contributed by atoms with van der Waals surface area (Å²) in [4.78, 5) is 18.1. The van der Waals surface area contributed by atoms with Crippen molar-refractivity contribution in [2.75, 3.05) is 26.7 Å². The van der Waals surface area contributed by atoms with E-state index in [1.807, 2.05) is 12.1 Å². The Bertz CT molecular complexity index is 1130. The number of piperidine rings is 1. The smallest absolute Gasteiger partial charge is 0.404 e. The maximum Gasteiger partial charge on any atom is 0.404 e. The van der Waals surface area contributed by atoms with E-state index in [2.05, 4.69) is 64.4 Å². The van der Waals surface area contributed by atoms with Gasteiger partial charge >= 0.3 is 6.09 Å². The lowest BCUT2D eigenvalue weighted by atomic mass is 10.00. The SMILES string of the molecule is CN1CCC(OC2c3ccccc3CCn3cc(-c4ccc(CCNC(=O)O)cc4)nc32)CC1. The highest BCUT2D eigenvalue weighted by Gasteiger charge is 2.30. The number of carbonyl (C=O) groups is 1. The van der Waals surface area contributed by atoms with Gasteiger partial charge in [-0.25, -0.2) is 9.78 Å². The molecule has 1 amide bonds. The third-order valence-electron chi connectivity index (χ3n) is 6.94. The summed E-state index contributed by atoms with van der Waals surface area (Å²) in [5.74, 6) is 0.980. The fraction of sp³-hybridized carbons (Fsp3) is 0.407. The van der Waals surface area contributed by atoms with Gasteiger partial charge in [0.2, 0.25) is 0 Å². The number of hydrogen-bond acceptors (Lipinski definition) is 4. The molecule has 2 aliphatic heterocycles. The van der Waals surface area contributed by atoms with Crippen LogP contribution in [0.4, 0.5) is 4.79 Å². The molecule has 2 aliphatic rings. The van der Waals surface area contributed by atoms with Gasteiger partial charge in [-0.15, -0.1) is 0 Å². The number of aryl methyl sites for hydroxylation is 2. The fourth-order valence-corrected chi connectivity index (χ4v) is 4.96. The molecule has 2 aromatic carbocycles. The van der Waals surface area contributed by atoms with Crippen LogP contribution in [0, 0.1) is 0 Å². The van der Waals surface area contributed by atoms with E-state index in [4.69, 9.17) is 14.8 Å². The number of amides is 1. The molecule has 3 heterocycles. The number of likely N-dealkylation sites (tertiary alicyclic amines) is 1. The van der Waals surface area contributed by atoms with E-state index in [1.54, 1.807) is 0 Å². The summed E-state index contributed by atoms with van der Waals surface area (Å²) in [6, 6.07) is 16.8. The number of ether oxygens (including phenoxy) is 1. The summed E-state index contributed by atoms with van der Waals surface area (Å²) < 4.78 is 9.04. The van der Waals surface area contributed by atoms with E-state index in [9.17, 15) is 4.79 Å². The monoisotopic (exact) mass is 460 g/mol. The number of aromatic nitrogens is 2. The fourth-order valence-electron chi connectivity index (χ4n) is 4.96. The van der Waals surface area contributed by atoms with Crippen LogP contribution < -0.4 is 5.32 Å². The minimum absolute atomic E-state index is 0.165. The van der Waals surface area contributed by atoms with Crippen molar-refractivity contribution in [3.8, 4) is 11.3 Å². The third-order valence-corrected chi connectivity index (χ3v) is 6.94. The van der Waals surface area contributed by atoms with Gasteiger partial charge in [0.05, 0.1) is 11.8 Å². The van der Waals surface area contributed by atoms with Gasteiger partial charge in [-0.1, -0.05) is 48.5 Å². The lowest BCUT2D eigenvalue weighted by molar-refractivity contribution is -0.0275. The molecule has 7 heteroatoms. The quantitative estimate of drug-likeness (QED) is 0.579. The zero-order chi connectivity index (χ0) is 23.5. The normalized spacial score (nSPS) is 18.7. The van der Waals surface area contributed by atoms with Crippen LogP contribution in [-0.2, 0) is 24.1 Å². The van der Waals surface area contributed by atoms with Crippen molar-refractivity contribution >= 4 is 6.09 Å². The summed E-state index contributed by atoms with van der Waals surface area (Å²) >= 11 is 0. The van der Waals surface area contributed by atoms with Crippen molar-refractivity contribution in [1.29, 1.82) is 0 Å². The minimum Gasteiger partial charge on any atom is -0.465 e. The molecular weight excluding hydrogens is 428 g/mol. The lowest BCUT2D eigenvalue weighted by Gasteiger charge is -2.32. The molecule has 2 N–H and O–H groups in total. The molecule has 34 heavy (non-hydrogen) atoms. The Balaban J connectivity index is 1.40. The van der Waals surface area contributed by atoms with Gasteiger partial charge < -0.3 is 24.6 Å². The van der Waals surface area contributed by atoms with Crippen molar-refractivity contribution in [3.63, 3.8) is 0 Å². The number of rotatable bonds is 6. The highest BCUT2D eigenvalue weighted by Crippen LogP contribution is 2.35. The Labute approximate surface area is 200 Å². The van der Waals surface area contributed by atoms with Crippen LogP contribution in [0.3, 0.4) is 0 Å². The van der Waals surface area contributed by atoms with E-state index in [1.165, 1.54) is 11.1 Å². The van der Waals surface area contributed by atoms with Crippen LogP contribution in [0.15, 0.2) is 54.7 Å². The molecule has 0 bridgehead atoms. The molecule has 1 saturated heterocycles. The third kappa shape index (κ3) is 5.00. The number of fused-ring (bicyclic) bond motifs is 2. The Morgan fingerprint density at radius 3 is 2.65 bits per heavy atom. The van der Waals surface area contributed by atoms with Gasteiger partial charge in [0, 0.05) is 37.9 Å². The van der Waals surface area contributed by atoms with E-state index in [0.29, 0.717) is 13.0 Å². The molecular formula is C27H32N4O3. The van der Waals surface area contributed by atoms with Gasteiger partial charge in [0.15, 0.2) is 0 Å². The van der Waals surface area contributed by atoms with Gasteiger partial charge in [-0.05, 0) is 49.4 Å². The first-order valence-electron chi connectivity index (χ1n) is 12.1. The molecule has 7 nitrogen and oxygen atoms in total. The second kappa shape index (κ2) is 9.99. The largest absolute Gasteiger partial charge is 0.465 e. The highest BCUT2D eigenvalue weighted by molar-refractivity contribution is 5.64. The zero-order valence-electron chi connectivity index (χ0n) is 19.6. The van der Waals surface area contributed by atoms with Crippen LogP contribution in [0.1, 0.15) is 41.5 Å². The summed E-state index contributed by atoms with van der Waals surface area (Å²) in [6.07, 6.45) is 4.93. The van der Waals surface area contributed by atoms with Gasteiger partial charge in [0.25, 0.3) is 0 Å². The molecule has 1 unspecified atom stereocenters. The number of carboxylic acid groups (broad SMARTS) is 1. The molecule has 0 radical (unpaired) electrons. The average Bonchev–Trinajstić information content (AvgIpc) is 3.21.